The van der Waals surface area contributed by atoms with Crippen molar-refractivity contribution in [2.24, 2.45) is 0 Å². The van der Waals surface area contributed by atoms with Crippen molar-refractivity contribution in [2.75, 3.05) is 18.2 Å². The lowest BCUT2D eigenvalue weighted by Gasteiger charge is -2.09. The fraction of sp³-hybridized carbons (Fsp3) is 0.143. The van der Waals surface area contributed by atoms with Gasteiger partial charge >= 0.3 is 0 Å². The van der Waals surface area contributed by atoms with Gasteiger partial charge in [0.2, 0.25) is 0 Å². The lowest BCUT2D eigenvalue weighted by atomic mass is 10.2. The Morgan fingerprint density at radius 3 is 2.89 bits per heavy atom. The summed E-state index contributed by atoms with van der Waals surface area (Å²) in [6, 6.07) is 12.9. The van der Waals surface area contributed by atoms with Crippen molar-refractivity contribution in [2.45, 2.75) is 6.54 Å². The molecular formula is C14H14N4O. The molecule has 2 aromatic rings. The van der Waals surface area contributed by atoms with E-state index in [4.69, 9.17) is 15.7 Å². The number of hydrogen-bond donors (Lipinski definition) is 2. The molecule has 0 aliphatic rings. The summed E-state index contributed by atoms with van der Waals surface area (Å²) in [7, 11) is 1.58. The molecule has 1 aromatic heterocycles. The van der Waals surface area contributed by atoms with E-state index in [1.165, 1.54) is 0 Å². The van der Waals surface area contributed by atoms with Crippen molar-refractivity contribution in [3.05, 3.63) is 47.7 Å². The number of rotatable bonds is 4. The topological polar surface area (TPSA) is 84.0 Å². The molecule has 0 fully saturated rings. The largest absolute Gasteiger partial charge is 0.495 e. The SMILES string of the molecule is COc1ccc(CNc2cccc(C#N)n2)cc1N. The average Bonchev–Trinajstić information content (AvgIpc) is 2.45. The Hall–Kier alpha value is -2.74. The molecule has 0 aliphatic carbocycles. The normalized spacial score (nSPS) is 9.68. The molecule has 0 unspecified atom stereocenters. The second kappa shape index (κ2) is 5.74. The molecule has 5 heteroatoms. The number of aromatic nitrogens is 1. The molecule has 96 valence electrons. The van der Waals surface area contributed by atoms with Crippen molar-refractivity contribution in [1.29, 1.82) is 5.26 Å². The maximum atomic E-state index is 8.77. The number of benzene rings is 1. The number of nitrogens with one attached hydrogen (secondary N) is 1. The van der Waals surface area contributed by atoms with Gasteiger partial charge in [-0.2, -0.15) is 5.26 Å². The van der Waals surface area contributed by atoms with Gasteiger partial charge in [-0.15, -0.1) is 0 Å². The predicted octanol–water partition coefficient (Wildman–Crippen LogP) is 2.16. The summed E-state index contributed by atoms with van der Waals surface area (Å²) in [6.45, 7) is 0.579. The molecule has 19 heavy (non-hydrogen) atoms. The second-order valence-corrected chi connectivity index (χ2v) is 3.95. The zero-order chi connectivity index (χ0) is 13.7. The molecule has 3 N–H and O–H groups in total. The van der Waals surface area contributed by atoms with Crippen molar-refractivity contribution in [1.82, 2.24) is 4.98 Å². The van der Waals surface area contributed by atoms with Crippen LogP contribution in [0.4, 0.5) is 11.5 Å². The van der Waals surface area contributed by atoms with Crippen LogP contribution in [0, 0.1) is 11.3 Å². The van der Waals surface area contributed by atoms with Gasteiger partial charge in [0.25, 0.3) is 0 Å². The lowest BCUT2D eigenvalue weighted by Crippen LogP contribution is -2.03. The third-order valence-electron chi connectivity index (χ3n) is 2.63. The summed E-state index contributed by atoms with van der Waals surface area (Å²) < 4.78 is 5.10. The van der Waals surface area contributed by atoms with Gasteiger partial charge in [0.15, 0.2) is 0 Å². The summed E-state index contributed by atoms with van der Waals surface area (Å²) in [5.41, 5.74) is 7.84. The molecule has 1 aromatic carbocycles. The molecule has 5 nitrogen and oxygen atoms in total. The third kappa shape index (κ3) is 3.13. The number of nitriles is 1. The minimum atomic E-state index is 0.388. The van der Waals surface area contributed by atoms with Crippen LogP contribution in [0.5, 0.6) is 5.75 Å². The Morgan fingerprint density at radius 2 is 2.21 bits per heavy atom. The Bertz CT molecular complexity index is 619. The first-order valence-electron chi connectivity index (χ1n) is 5.76. The highest BCUT2D eigenvalue weighted by atomic mass is 16.5. The highest BCUT2D eigenvalue weighted by Crippen LogP contribution is 2.22. The summed E-state index contributed by atoms with van der Waals surface area (Å²) in [5, 5.41) is 11.9. The van der Waals surface area contributed by atoms with Gasteiger partial charge in [0.1, 0.15) is 23.3 Å². The quantitative estimate of drug-likeness (QED) is 0.817. The Morgan fingerprint density at radius 1 is 1.37 bits per heavy atom. The van der Waals surface area contributed by atoms with Crippen LogP contribution in [0.2, 0.25) is 0 Å². The van der Waals surface area contributed by atoms with E-state index in [-0.39, 0.29) is 0 Å². The lowest BCUT2D eigenvalue weighted by molar-refractivity contribution is 0.417. The zero-order valence-electron chi connectivity index (χ0n) is 10.6. The number of nitrogens with two attached hydrogens (primary N) is 1. The van der Waals surface area contributed by atoms with Gasteiger partial charge < -0.3 is 15.8 Å². The third-order valence-corrected chi connectivity index (χ3v) is 2.63. The number of methoxy groups -OCH3 is 1. The standard InChI is InChI=1S/C14H14N4O/c1-19-13-6-5-10(7-12(13)16)9-17-14-4-2-3-11(8-15)18-14/h2-7H,9,16H2,1H3,(H,17,18). The predicted molar refractivity (Wildman–Crippen MR) is 73.7 cm³/mol. The van der Waals surface area contributed by atoms with Gasteiger partial charge in [-0.3, -0.25) is 0 Å². The highest BCUT2D eigenvalue weighted by Gasteiger charge is 2.01. The van der Waals surface area contributed by atoms with Crippen LogP contribution in [-0.2, 0) is 6.54 Å². The maximum absolute atomic E-state index is 8.77. The minimum Gasteiger partial charge on any atom is -0.495 e. The highest BCUT2D eigenvalue weighted by molar-refractivity contribution is 5.54. The van der Waals surface area contributed by atoms with Crippen LogP contribution in [0.15, 0.2) is 36.4 Å². The smallest absolute Gasteiger partial charge is 0.142 e. The van der Waals surface area contributed by atoms with Gasteiger partial charge in [0.05, 0.1) is 12.8 Å². The number of ether oxygens (including phenoxy) is 1. The van der Waals surface area contributed by atoms with Gasteiger partial charge in [-0.1, -0.05) is 12.1 Å². The fourth-order valence-corrected chi connectivity index (χ4v) is 1.68. The van der Waals surface area contributed by atoms with Crippen LogP contribution >= 0.6 is 0 Å². The molecule has 0 atom stereocenters. The number of anilines is 2. The van der Waals surface area contributed by atoms with E-state index >= 15 is 0 Å². The van der Waals surface area contributed by atoms with E-state index in [0.29, 0.717) is 29.5 Å². The minimum absolute atomic E-state index is 0.388. The molecule has 0 spiro atoms. The summed E-state index contributed by atoms with van der Waals surface area (Å²) in [6.07, 6.45) is 0. The molecule has 0 amide bonds. The summed E-state index contributed by atoms with van der Waals surface area (Å²) >= 11 is 0. The molecule has 2 rings (SSSR count). The summed E-state index contributed by atoms with van der Waals surface area (Å²) in [5.74, 6) is 1.32. The Labute approximate surface area is 111 Å². The molecule has 1 heterocycles. The summed E-state index contributed by atoms with van der Waals surface area (Å²) in [4.78, 5) is 4.13. The monoisotopic (exact) mass is 254 g/mol. The van der Waals surface area contributed by atoms with Gasteiger partial charge in [-0.25, -0.2) is 4.98 Å². The zero-order valence-corrected chi connectivity index (χ0v) is 10.6. The molecule has 0 radical (unpaired) electrons. The van der Waals surface area contributed by atoms with E-state index in [2.05, 4.69) is 10.3 Å². The molecule has 0 bridgehead atoms. The average molecular weight is 254 g/mol. The van der Waals surface area contributed by atoms with Crippen molar-refractivity contribution < 1.29 is 4.74 Å². The van der Waals surface area contributed by atoms with Crippen LogP contribution < -0.4 is 15.8 Å². The molecule has 0 saturated carbocycles. The first-order chi connectivity index (χ1) is 9.22. The van der Waals surface area contributed by atoms with E-state index in [1.807, 2.05) is 30.3 Å². The van der Waals surface area contributed by atoms with Crippen LogP contribution in [0.25, 0.3) is 0 Å². The van der Waals surface area contributed by atoms with Crippen molar-refractivity contribution in [3.63, 3.8) is 0 Å². The first kappa shape index (κ1) is 12.7. The van der Waals surface area contributed by atoms with Crippen molar-refractivity contribution in [3.8, 4) is 11.8 Å². The maximum Gasteiger partial charge on any atom is 0.142 e. The van der Waals surface area contributed by atoms with Crippen LogP contribution in [0.3, 0.4) is 0 Å². The van der Waals surface area contributed by atoms with E-state index in [1.54, 1.807) is 19.2 Å². The van der Waals surface area contributed by atoms with E-state index < -0.39 is 0 Å². The molecular weight excluding hydrogens is 240 g/mol. The van der Waals surface area contributed by atoms with Crippen molar-refractivity contribution >= 4 is 11.5 Å². The number of nitrogens with zero attached hydrogens (tertiary/aromatic N) is 2. The van der Waals surface area contributed by atoms with Gasteiger partial charge in [-0.05, 0) is 29.8 Å². The Kier molecular flexibility index (Phi) is 3.84. The number of pyridine rings is 1. The van der Waals surface area contributed by atoms with Gasteiger partial charge in [0, 0.05) is 6.54 Å². The van der Waals surface area contributed by atoms with Crippen LogP contribution in [0.1, 0.15) is 11.3 Å². The fourth-order valence-electron chi connectivity index (χ4n) is 1.68. The Balaban J connectivity index is 2.06. The van der Waals surface area contributed by atoms with Crippen LogP contribution in [-0.4, -0.2) is 12.1 Å². The molecule has 0 saturated heterocycles. The molecule has 0 aliphatic heterocycles. The number of hydrogen-bond acceptors (Lipinski definition) is 5. The van der Waals surface area contributed by atoms with E-state index in [9.17, 15) is 0 Å². The second-order valence-electron chi connectivity index (χ2n) is 3.95. The van der Waals surface area contributed by atoms with E-state index in [0.717, 1.165) is 5.56 Å². The first-order valence-corrected chi connectivity index (χ1v) is 5.76. The number of nitrogen functional groups attached to an aromatic ring is 1.